The molecule has 1 aliphatic rings. The number of nitrogens with one attached hydrogen (secondary N) is 2. The van der Waals surface area contributed by atoms with Gasteiger partial charge in [0, 0.05) is 24.8 Å². The average Bonchev–Trinajstić information content (AvgIpc) is 2.76. The molecule has 0 bridgehead atoms. The minimum atomic E-state index is -0.809. The maximum absolute atomic E-state index is 12.2. The summed E-state index contributed by atoms with van der Waals surface area (Å²) in [5, 5.41) is 5.07. The average molecular weight is 318 g/mol. The highest BCUT2D eigenvalue weighted by Crippen LogP contribution is 2.34. The summed E-state index contributed by atoms with van der Waals surface area (Å²) in [6.45, 7) is 1.24. The Hall–Kier alpha value is -2.41. The van der Waals surface area contributed by atoms with E-state index in [4.69, 9.17) is 0 Å². The van der Waals surface area contributed by atoms with Gasteiger partial charge in [-0.05, 0) is 33.1 Å². The summed E-state index contributed by atoms with van der Waals surface area (Å²) >= 11 is 0. The summed E-state index contributed by atoms with van der Waals surface area (Å²) in [5.41, 5.74) is 1.45. The second-order valence-corrected chi connectivity index (χ2v) is 5.78. The number of benzene rings is 1. The van der Waals surface area contributed by atoms with Crippen LogP contribution in [0.25, 0.3) is 0 Å². The van der Waals surface area contributed by atoms with Crippen LogP contribution in [0.4, 0.5) is 5.69 Å². The fraction of sp³-hybridized carbons (Fsp3) is 0.438. The van der Waals surface area contributed by atoms with Gasteiger partial charge in [-0.1, -0.05) is 18.2 Å². The predicted octanol–water partition coefficient (Wildman–Crippen LogP) is -0.112. The Morgan fingerprint density at radius 2 is 1.91 bits per heavy atom. The number of carbonyl (C=O) groups is 3. The molecule has 1 atom stereocenters. The summed E-state index contributed by atoms with van der Waals surface area (Å²) in [6.07, 6.45) is 0.750. The van der Waals surface area contributed by atoms with Gasteiger partial charge in [0.25, 0.3) is 5.91 Å². The lowest BCUT2D eigenvalue weighted by atomic mass is 10.1. The van der Waals surface area contributed by atoms with Crippen molar-refractivity contribution in [3.63, 3.8) is 0 Å². The van der Waals surface area contributed by atoms with Crippen LogP contribution in [-0.4, -0.2) is 56.9 Å². The van der Waals surface area contributed by atoms with Gasteiger partial charge in [0.05, 0.1) is 0 Å². The van der Waals surface area contributed by atoms with E-state index < -0.39 is 17.9 Å². The van der Waals surface area contributed by atoms with Crippen molar-refractivity contribution in [2.75, 3.05) is 39.1 Å². The largest absolute Gasteiger partial charge is 0.348 e. The number of amides is 3. The number of fused-ring (bicyclic) bond motifs is 1. The third kappa shape index (κ3) is 3.87. The summed E-state index contributed by atoms with van der Waals surface area (Å²) < 4.78 is 0. The molecule has 0 fully saturated rings. The Balaban J connectivity index is 1.93. The van der Waals surface area contributed by atoms with E-state index in [-0.39, 0.29) is 5.91 Å². The zero-order chi connectivity index (χ0) is 17.0. The van der Waals surface area contributed by atoms with E-state index in [2.05, 4.69) is 10.6 Å². The van der Waals surface area contributed by atoms with E-state index in [9.17, 15) is 14.4 Å². The minimum absolute atomic E-state index is 0.250. The zero-order valence-electron chi connectivity index (χ0n) is 13.6. The maximum Gasteiger partial charge on any atom is 0.310 e. The van der Waals surface area contributed by atoms with Crippen molar-refractivity contribution < 1.29 is 14.4 Å². The van der Waals surface area contributed by atoms with Crippen LogP contribution in [0.2, 0.25) is 0 Å². The standard InChI is InChI=1S/C16H22N4O3/c1-19(2)10-6-9-17-14(21)15(22)18-13-11-7-4-5-8-12(11)20(3)16(13)23/h4-5,7-8,13H,6,9-10H2,1-3H3,(H,17,21)(H,18,22). The quantitative estimate of drug-likeness (QED) is 0.586. The molecule has 0 aromatic heterocycles. The topological polar surface area (TPSA) is 81.8 Å². The van der Waals surface area contributed by atoms with Gasteiger partial charge in [-0.25, -0.2) is 0 Å². The van der Waals surface area contributed by atoms with Crippen molar-refractivity contribution in [2.24, 2.45) is 0 Å². The predicted molar refractivity (Wildman–Crippen MR) is 86.9 cm³/mol. The molecule has 7 heteroatoms. The number of rotatable bonds is 5. The summed E-state index contributed by atoms with van der Waals surface area (Å²) in [7, 11) is 5.52. The number of carbonyl (C=O) groups excluding carboxylic acids is 3. The number of anilines is 1. The first kappa shape index (κ1) is 17.0. The highest BCUT2D eigenvalue weighted by molar-refractivity contribution is 6.35. The first-order valence-corrected chi connectivity index (χ1v) is 7.51. The molecular formula is C16H22N4O3. The molecule has 23 heavy (non-hydrogen) atoms. The highest BCUT2D eigenvalue weighted by Gasteiger charge is 2.36. The van der Waals surface area contributed by atoms with Gasteiger partial charge in [-0.2, -0.15) is 0 Å². The van der Waals surface area contributed by atoms with E-state index in [0.29, 0.717) is 12.1 Å². The van der Waals surface area contributed by atoms with Crippen molar-refractivity contribution in [1.29, 1.82) is 0 Å². The first-order valence-electron chi connectivity index (χ1n) is 7.51. The second-order valence-electron chi connectivity index (χ2n) is 5.78. The Labute approximate surface area is 135 Å². The lowest BCUT2D eigenvalue weighted by Gasteiger charge is -2.13. The lowest BCUT2D eigenvalue weighted by Crippen LogP contribution is -2.44. The molecule has 1 heterocycles. The van der Waals surface area contributed by atoms with Gasteiger partial charge in [-0.3, -0.25) is 14.4 Å². The van der Waals surface area contributed by atoms with Crippen LogP contribution >= 0.6 is 0 Å². The Morgan fingerprint density at radius 1 is 1.22 bits per heavy atom. The number of nitrogens with zero attached hydrogens (tertiary/aromatic N) is 2. The van der Waals surface area contributed by atoms with Crippen LogP contribution in [-0.2, 0) is 14.4 Å². The molecule has 7 nitrogen and oxygen atoms in total. The number of hydrogen-bond acceptors (Lipinski definition) is 4. The Kier molecular flexibility index (Phi) is 5.33. The van der Waals surface area contributed by atoms with Gasteiger partial charge >= 0.3 is 11.8 Å². The molecule has 1 aliphatic heterocycles. The number of likely N-dealkylation sites (N-methyl/N-ethyl adjacent to an activating group) is 1. The molecule has 0 radical (unpaired) electrons. The summed E-state index contributed by atoms with van der Waals surface area (Å²) in [4.78, 5) is 39.5. The molecule has 0 saturated heterocycles. The van der Waals surface area contributed by atoms with Crippen molar-refractivity contribution in [1.82, 2.24) is 15.5 Å². The van der Waals surface area contributed by atoms with Crippen molar-refractivity contribution >= 4 is 23.4 Å². The van der Waals surface area contributed by atoms with Crippen LogP contribution < -0.4 is 15.5 Å². The van der Waals surface area contributed by atoms with Crippen LogP contribution in [0.1, 0.15) is 18.0 Å². The van der Waals surface area contributed by atoms with Crippen molar-refractivity contribution in [2.45, 2.75) is 12.5 Å². The molecule has 0 saturated carbocycles. The molecule has 2 N–H and O–H groups in total. The van der Waals surface area contributed by atoms with Crippen molar-refractivity contribution in [3.8, 4) is 0 Å². The van der Waals surface area contributed by atoms with E-state index in [1.165, 1.54) is 4.90 Å². The summed E-state index contributed by atoms with van der Waals surface area (Å²) in [5.74, 6) is -1.76. The molecule has 124 valence electrons. The SMILES string of the molecule is CN(C)CCCNC(=O)C(=O)NC1C(=O)N(C)c2ccccc21. The molecule has 0 spiro atoms. The molecule has 1 aromatic carbocycles. The molecular weight excluding hydrogens is 296 g/mol. The van der Waals surface area contributed by atoms with E-state index in [1.807, 2.05) is 25.1 Å². The van der Waals surface area contributed by atoms with Gasteiger partial charge in [-0.15, -0.1) is 0 Å². The van der Waals surface area contributed by atoms with E-state index >= 15 is 0 Å². The normalized spacial score (nSPS) is 16.4. The summed E-state index contributed by atoms with van der Waals surface area (Å²) in [6, 6.07) is 6.39. The molecule has 3 amide bonds. The fourth-order valence-corrected chi connectivity index (χ4v) is 2.50. The van der Waals surface area contributed by atoms with Gasteiger partial charge in [0.1, 0.15) is 6.04 Å². The third-order valence-corrected chi connectivity index (χ3v) is 3.74. The van der Waals surface area contributed by atoms with Gasteiger partial charge in [0.2, 0.25) is 0 Å². The van der Waals surface area contributed by atoms with Crippen LogP contribution in [0.15, 0.2) is 24.3 Å². The van der Waals surface area contributed by atoms with Crippen LogP contribution in [0.3, 0.4) is 0 Å². The van der Waals surface area contributed by atoms with Gasteiger partial charge < -0.3 is 20.4 Å². The Morgan fingerprint density at radius 3 is 2.61 bits per heavy atom. The van der Waals surface area contributed by atoms with E-state index in [0.717, 1.165) is 18.7 Å². The van der Waals surface area contributed by atoms with Crippen LogP contribution in [0, 0.1) is 0 Å². The fourth-order valence-electron chi connectivity index (χ4n) is 2.50. The minimum Gasteiger partial charge on any atom is -0.348 e. The lowest BCUT2D eigenvalue weighted by molar-refractivity contribution is -0.140. The monoisotopic (exact) mass is 318 g/mol. The smallest absolute Gasteiger partial charge is 0.310 e. The third-order valence-electron chi connectivity index (χ3n) is 3.74. The highest BCUT2D eigenvalue weighted by atomic mass is 16.2. The molecule has 1 aromatic rings. The molecule has 1 unspecified atom stereocenters. The second kappa shape index (κ2) is 7.23. The van der Waals surface area contributed by atoms with Gasteiger partial charge in [0.15, 0.2) is 0 Å². The number of hydrogen-bond donors (Lipinski definition) is 2. The van der Waals surface area contributed by atoms with E-state index in [1.54, 1.807) is 25.2 Å². The van der Waals surface area contributed by atoms with Crippen LogP contribution in [0.5, 0.6) is 0 Å². The molecule has 2 rings (SSSR count). The molecule has 0 aliphatic carbocycles. The number of para-hydroxylation sites is 1. The Bertz CT molecular complexity index is 615. The van der Waals surface area contributed by atoms with Crippen molar-refractivity contribution in [3.05, 3.63) is 29.8 Å². The zero-order valence-corrected chi connectivity index (χ0v) is 13.6. The maximum atomic E-state index is 12.2. The first-order chi connectivity index (χ1) is 10.9.